The van der Waals surface area contributed by atoms with E-state index in [9.17, 15) is 19.5 Å². The number of ether oxygens (including phenoxy) is 1. The van der Waals surface area contributed by atoms with Crippen LogP contribution in [0.25, 0.3) is 0 Å². The van der Waals surface area contributed by atoms with Crippen LogP contribution in [0.4, 0.5) is 0 Å². The minimum atomic E-state index is -1.43. The molecule has 4 rings (SSSR count). The van der Waals surface area contributed by atoms with Gasteiger partial charge in [-0.05, 0) is 60.6 Å². The monoisotopic (exact) mass is 663 g/mol. The largest absolute Gasteiger partial charge is 0.356 e. The lowest BCUT2D eigenvalue weighted by Crippen LogP contribution is -2.45. The van der Waals surface area contributed by atoms with Crippen molar-refractivity contribution in [1.29, 1.82) is 0 Å². The molecule has 1 heterocycles. The summed E-state index contributed by atoms with van der Waals surface area (Å²) in [4.78, 5) is 37.5. The number of hydrogen-bond donors (Lipinski definition) is 4. The average molecular weight is 665 g/mol. The fourth-order valence-electron chi connectivity index (χ4n) is 6.18. The Hall–Kier alpha value is -2.14. The molecular weight excluding hydrogens is 621 g/mol. The predicted octanol–water partition coefficient (Wildman–Crippen LogP) is 6.09. The molecule has 0 spiro atoms. The van der Waals surface area contributed by atoms with Crippen molar-refractivity contribution >= 4 is 53.3 Å². The van der Waals surface area contributed by atoms with Crippen LogP contribution < -0.4 is 15.4 Å². The lowest BCUT2D eigenvalue weighted by molar-refractivity contribution is -0.160. The molecule has 4 N–H and O–H groups in total. The quantitative estimate of drug-likeness (QED) is 0.103. The third-order valence-corrected chi connectivity index (χ3v) is 10.2. The van der Waals surface area contributed by atoms with Gasteiger partial charge in [0.25, 0.3) is 0 Å². The summed E-state index contributed by atoms with van der Waals surface area (Å²) in [7, 11) is 0. The Bertz CT molecular complexity index is 1260. The number of carbonyl (C=O) groups excluding carboxylic acids is 3. The van der Waals surface area contributed by atoms with E-state index in [1.54, 1.807) is 12.1 Å². The van der Waals surface area contributed by atoms with Gasteiger partial charge in [0, 0.05) is 27.9 Å². The first kappa shape index (κ1) is 34.7. The first-order valence-corrected chi connectivity index (χ1v) is 17.0. The summed E-state index contributed by atoms with van der Waals surface area (Å²) in [5, 5.41) is 17.4. The lowest BCUT2D eigenvalue weighted by Gasteiger charge is -2.37. The van der Waals surface area contributed by atoms with Gasteiger partial charge in [0.1, 0.15) is 6.29 Å². The number of rotatable bonds is 15. The highest BCUT2D eigenvalue weighted by Gasteiger charge is 2.36. The minimum Gasteiger partial charge on any atom is -0.356 e. The molecule has 2 unspecified atom stereocenters. The maximum Gasteiger partial charge on any atom is 0.235 e. The highest BCUT2D eigenvalue weighted by molar-refractivity contribution is 7.98. The van der Waals surface area contributed by atoms with Crippen molar-refractivity contribution < 1.29 is 24.2 Å². The van der Waals surface area contributed by atoms with Crippen LogP contribution in [0, 0.1) is 11.8 Å². The molecule has 11 heteroatoms. The Labute approximate surface area is 274 Å². The molecule has 5 atom stereocenters. The van der Waals surface area contributed by atoms with Gasteiger partial charge >= 0.3 is 0 Å². The number of aldehydes is 1. The minimum absolute atomic E-state index is 0.0860. The third-order valence-electron chi connectivity index (χ3n) is 8.73. The van der Waals surface area contributed by atoms with Crippen molar-refractivity contribution in [2.75, 3.05) is 6.54 Å². The second kappa shape index (κ2) is 16.4. The van der Waals surface area contributed by atoms with E-state index in [1.807, 2.05) is 50.2 Å². The van der Waals surface area contributed by atoms with Crippen molar-refractivity contribution in [3.05, 3.63) is 69.7 Å². The summed E-state index contributed by atoms with van der Waals surface area (Å²) in [5.41, 5.74) is 1.12. The van der Waals surface area contributed by atoms with E-state index in [-0.39, 0.29) is 24.2 Å². The Morgan fingerprint density at radius 2 is 1.82 bits per heavy atom. The molecule has 1 saturated carbocycles. The van der Waals surface area contributed by atoms with E-state index in [0.29, 0.717) is 41.6 Å². The van der Waals surface area contributed by atoms with Crippen LogP contribution in [0.1, 0.15) is 82.4 Å². The molecule has 2 fully saturated rings. The molecular formula is C33H43Cl2N3O5S. The molecule has 2 aromatic carbocycles. The van der Waals surface area contributed by atoms with Crippen LogP contribution in [-0.4, -0.2) is 47.5 Å². The van der Waals surface area contributed by atoms with Gasteiger partial charge in [-0.1, -0.05) is 105 Å². The highest BCUT2D eigenvalue weighted by atomic mass is 35.5. The SMILES string of the molecule is CC(C)(c1cccc(Cl)c1)C(OC(O)NS[C@@H](CC1CCCCC1)C(=O)N[C@H](C=O)C[C@@H]1CCNC1=O)c1ccc(Cl)cc1. The summed E-state index contributed by atoms with van der Waals surface area (Å²) in [6.07, 6.45) is 5.68. The van der Waals surface area contributed by atoms with Crippen LogP contribution in [0.15, 0.2) is 48.5 Å². The smallest absolute Gasteiger partial charge is 0.235 e. The Balaban J connectivity index is 1.47. The third kappa shape index (κ3) is 9.68. The molecule has 1 aliphatic heterocycles. The second-order valence-electron chi connectivity index (χ2n) is 12.4. The van der Waals surface area contributed by atoms with Crippen molar-refractivity contribution in [2.45, 2.75) is 94.4 Å². The first-order chi connectivity index (χ1) is 21.1. The van der Waals surface area contributed by atoms with E-state index in [1.165, 1.54) is 6.42 Å². The molecule has 1 saturated heterocycles. The van der Waals surface area contributed by atoms with Crippen molar-refractivity contribution in [1.82, 2.24) is 15.4 Å². The molecule has 0 radical (unpaired) electrons. The first-order valence-electron chi connectivity index (χ1n) is 15.4. The summed E-state index contributed by atoms with van der Waals surface area (Å²) in [6, 6.07) is 14.1. The van der Waals surface area contributed by atoms with Gasteiger partial charge in [-0.15, -0.1) is 0 Å². The van der Waals surface area contributed by atoms with Gasteiger partial charge in [0.2, 0.25) is 18.2 Å². The summed E-state index contributed by atoms with van der Waals surface area (Å²) < 4.78 is 9.22. The second-order valence-corrected chi connectivity index (χ2v) is 14.3. The molecule has 2 aromatic rings. The maximum atomic E-state index is 13.5. The number of hydrogen-bond acceptors (Lipinski definition) is 7. The molecule has 240 valence electrons. The summed E-state index contributed by atoms with van der Waals surface area (Å²) in [6.45, 7) is 4.61. The molecule has 2 amide bonds. The van der Waals surface area contributed by atoms with E-state index in [2.05, 4.69) is 15.4 Å². The number of carbonyl (C=O) groups is 3. The molecule has 0 bridgehead atoms. The predicted molar refractivity (Wildman–Crippen MR) is 175 cm³/mol. The van der Waals surface area contributed by atoms with Crippen molar-refractivity contribution in [3.8, 4) is 0 Å². The zero-order chi connectivity index (χ0) is 31.7. The van der Waals surface area contributed by atoms with Gasteiger partial charge in [0.05, 0.1) is 17.4 Å². The Kier molecular flexibility index (Phi) is 13.0. The molecule has 44 heavy (non-hydrogen) atoms. The van der Waals surface area contributed by atoms with Crippen molar-refractivity contribution in [2.24, 2.45) is 11.8 Å². The number of amides is 2. The van der Waals surface area contributed by atoms with Gasteiger partial charge in [0.15, 0.2) is 0 Å². The Morgan fingerprint density at radius 3 is 2.45 bits per heavy atom. The molecule has 8 nitrogen and oxygen atoms in total. The summed E-state index contributed by atoms with van der Waals surface area (Å²) in [5.74, 6) is -0.317. The van der Waals surface area contributed by atoms with Gasteiger partial charge < -0.3 is 25.3 Å². The standard InChI is InChI=1S/C33H43Cl2N3O5S/c1-33(2,24-9-6-10-26(35)19-24)29(22-11-13-25(34)14-12-22)43-32(42)38-44-28(17-21-7-4-3-5-8-21)31(41)37-27(20-39)18-23-15-16-36-30(23)40/h6,9-14,19-21,23,27-29,32,38,42H,3-5,7-8,15-18H2,1-2H3,(H,36,40)(H,37,41)/t23-,27-,28-,29?,32?/m0/s1. The van der Waals surface area contributed by atoms with E-state index >= 15 is 0 Å². The number of nitrogens with one attached hydrogen (secondary N) is 3. The summed E-state index contributed by atoms with van der Waals surface area (Å²) >= 11 is 13.6. The van der Waals surface area contributed by atoms with Gasteiger partial charge in [-0.3, -0.25) is 9.59 Å². The highest BCUT2D eigenvalue weighted by Crippen LogP contribution is 2.41. The number of halogens is 2. The van der Waals surface area contributed by atoms with Crippen LogP contribution in [0.2, 0.25) is 10.0 Å². The zero-order valence-corrected chi connectivity index (χ0v) is 27.6. The van der Waals surface area contributed by atoms with Crippen molar-refractivity contribution in [3.63, 3.8) is 0 Å². The Morgan fingerprint density at radius 1 is 1.09 bits per heavy atom. The fraction of sp³-hybridized carbons (Fsp3) is 0.545. The molecule has 2 aliphatic rings. The van der Waals surface area contributed by atoms with Gasteiger partial charge in [-0.2, -0.15) is 0 Å². The lowest BCUT2D eigenvalue weighted by atomic mass is 9.76. The normalized spacial score (nSPS) is 20.4. The van der Waals surface area contributed by atoms with Gasteiger partial charge in [-0.25, -0.2) is 4.72 Å². The molecule has 1 aliphatic carbocycles. The zero-order valence-electron chi connectivity index (χ0n) is 25.3. The average Bonchev–Trinajstić information content (AvgIpc) is 3.42. The number of aliphatic hydroxyl groups excluding tert-OH is 1. The molecule has 0 aromatic heterocycles. The maximum absolute atomic E-state index is 13.5. The van der Waals surface area contributed by atoms with Crippen LogP contribution in [-0.2, 0) is 24.5 Å². The fourth-order valence-corrected chi connectivity index (χ4v) is 7.37. The number of aliphatic hydroxyl groups is 1. The topological polar surface area (TPSA) is 117 Å². The van der Waals surface area contributed by atoms with Crippen LogP contribution in [0.3, 0.4) is 0 Å². The number of benzene rings is 2. The van der Waals surface area contributed by atoms with Crippen LogP contribution in [0.5, 0.6) is 0 Å². The van der Waals surface area contributed by atoms with E-state index in [4.69, 9.17) is 27.9 Å². The van der Waals surface area contributed by atoms with E-state index < -0.39 is 29.2 Å². The van der Waals surface area contributed by atoms with E-state index in [0.717, 1.165) is 48.8 Å². The van der Waals surface area contributed by atoms with Crippen LogP contribution >= 0.6 is 35.1 Å².